The molecule has 5 nitrogen and oxygen atoms in total. The first-order valence-electron chi connectivity index (χ1n) is 8.74. The molecule has 1 amide bonds. The molecular formula is C20H16F3N3O2. The van der Waals surface area contributed by atoms with E-state index in [9.17, 15) is 18.0 Å². The molecular weight excluding hydrogens is 371 g/mol. The Morgan fingerprint density at radius 2 is 1.93 bits per heavy atom. The number of H-pyrrole nitrogens is 1. The number of rotatable bonds is 2. The molecule has 0 bridgehead atoms. The van der Waals surface area contributed by atoms with Crippen molar-refractivity contribution in [2.75, 3.05) is 5.32 Å². The van der Waals surface area contributed by atoms with Gasteiger partial charge < -0.3 is 4.98 Å². The molecule has 0 saturated heterocycles. The number of hydrogen-bond donors (Lipinski definition) is 2. The monoisotopic (exact) mass is 387 g/mol. The summed E-state index contributed by atoms with van der Waals surface area (Å²) in [6.07, 6.45) is -3.04. The lowest BCUT2D eigenvalue weighted by Crippen LogP contribution is -2.16. The highest BCUT2D eigenvalue weighted by Gasteiger charge is 2.30. The van der Waals surface area contributed by atoms with Gasteiger partial charge >= 0.3 is 12.3 Å². The van der Waals surface area contributed by atoms with Crippen molar-refractivity contribution in [3.63, 3.8) is 0 Å². The van der Waals surface area contributed by atoms with Crippen LogP contribution in [0, 0.1) is 0 Å². The second-order valence-electron chi connectivity index (χ2n) is 6.50. The summed E-state index contributed by atoms with van der Waals surface area (Å²) in [5.74, 6) is 0. The van der Waals surface area contributed by atoms with Crippen molar-refractivity contribution >= 4 is 28.4 Å². The molecule has 2 aromatic carbocycles. The second kappa shape index (κ2) is 7.03. The zero-order valence-corrected chi connectivity index (χ0v) is 14.6. The highest BCUT2D eigenvalue weighted by molar-refractivity contribution is 6.06. The van der Waals surface area contributed by atoms with Crippen LogP contribution in [0.2, 0.25) is 0 Å². The number of amides is 1. The zero-order valence-electron chi connectivity index (χ0n) is 14.6. The molecule has 8 heteroatoms. The highest BCUT2D eigenvalue weighted by atomic mass is 19.4. The van der Waals surface area contributed by atoms with E-state index < -0.39 is 17.8 Å². The number of aromatic amines is 1. The van der Waals surface area contributed by atoms with Gasteiger partial charge in [0.15, 0.2) is 0 Å². The average Bonchev–Trinajstić information content (AvgIpc) is 3.05. The van der Waals surface area contributed by atoms with Crippen LogP contribution in [0.25, 0.3) is 10.9 Å². The van der Waals surface area contributed by atoms with Gasteiger partial charge in [-0.05, 0) is 49.1 Å². The smallest absolute Gasteiger partial charge is 0.353 e. The first kappa shape index (κ1) is 18.1. The van der Waals surface area contributed by atoms with Crippen molar-refractivity contribution in [3.8, 4) is 0 Å². The molecule has 1 heterocycles. The van der Waals surface area contributed by atoms with Gasteiger partial charge in [0, 0.05) is 16.6 Å². The molecule has 1 aliphatic rings. The number of fused-ring (bicyclic) bond motifs is 3. The van der Waals surface area contributed by atoms with E-state index in [0.717, 1.165) is 47.1 Å². The quantitative estimate of drug-likeness (QED) is 0.452. The Hall–Kier alpha value is -3.29. The number of alkyl halides is 3. The third kappa shape index (κ3) is 3.58. The van der Waals surface area contributed by atoms with Crippen molar-refractivity contribution in [3.05, 3.63) is 65.4 Å². The van der Waals surface area contributed by atoms with Crippen LogP contribution in [-0.2, 0) is 17.4 Å². The Bertz CT molecular complexity index is 1070. The Labute approximate surface area is 158 Å². The molecule has 0 atom stereocenters. The number of carbonyl (C=O) groups excluding carboxylic acids is 1. The standard InChI is InChI=1S/C20H16F3N3O2/c21-20(22,23)12-5-3-6-13(11-12)24-19(27)28-26-17-10-4-8-15-14-7-1-2-9-16(14)25-18(15)17/h1-3,5-7,9,11,25H,4,8,10H2,(H,24,27). The summed E-state index contributed by atoms with van der Waals surface area (Å²) in [5, 5.41) is 7.31. The molecule has 0 fully saturated rings. The minimum absolute atomic E-state index is 0.0185. The van der Waals surface area contributed by atoms with Crippen LogP contribution in [0.4, 0.5) is 23.7 Å². The fraction of sp³-hybridized carbons (Fsp3) is 0.200. The van der Waals surface area contributed by atoms with Gasteiger partial charge in [0.1, 0.15) is 5.71 Å². The summed E-state index contributed by atoms with van der Waals surface area (Å²) in [5.41, 5.74) is 2.68. The van der Waals surface area contributed by atoms with E-state index in [-0.39, 0.29) is 5.69 Å². The van der Waals surface area contributed by atoms with Gasteiger partial charge in [0.2, 0.25) is 0 Å². The number of benzene rings is 2. The number of oxime groups is 1. The van der Waals surface area contributed by atoms with E-state index in [1.165, 1.54) is 12.1 Å². The second-order valence-corrected chi connectivity index (χ2v) is 6.50. The number of aryl methyl sites for hydroxylation is 1. The van der Waals surface area contributed by atoms with E-state index in [4.69, 9.17) is 4.84 Å². The first-order valence-corrected chi connectivity index (χ1v) is 8.74. The van der Waals surface area contributed by atoms with Gasteiger partial charge in [-0.15, -0.1) is 0 Å². The van der Waals surface area contributed by atoms with Crippen LogP contribution in [0.3, 0.4) is 0 Å². The summed E-state index contributed by atoms with van der Waals surface area (Å²) in [6.45, 7) is 0. The number of anilines is 1. The van der Waals surface area contributed by atoms with Crippen LogP contribution in [-0.4, -0.2) is 16.8 Å². The lowest BCUT2D eigenvalue weighted by atomic mass is 9.94. The molecule has 0 radical (unpaired) electrons. The number of carbonyl (C=O) groups is 1. The maximum absolute atomic E-state index is 12.8. The molecule has 144 valence electrons. The fourth-order valence-corrected chi connectivity index (χ4v) is 3.37. The number of aromatic nitrogens is 1. The molecule has 0 spiro atoms. The Kier molecular flexibility index (Phi) is 4.54. The summed E-state index contributed by atoms with van der Waals surface area (Å²) in [4.78, 5) is 20.2. The topological polar surface area (TPSA) is 66.5 Å². The molecule has 0 saturated carbocycles. The van der Waals surface area contributed by atoms with Gasteiger partial charge in [-0.2, -0.15) is 13.2 Å². The predicted octanol–water partition coefficient (Wildman–Crippen LogP) is 5.48. The minimum Gasteiger partial charge on any atom is -0.353 e. The molecule has 1 aliphatic carbocycles. The van der Waals surface area contributed by atoms with Crippen molar-refractivity contribution in [2.45, 2.75) is 25.4 Å². The summed E-state index contributed by atoms with van der Waals surface area (Å²) in [7, 11) is 0. The maximum Gasteiger partial charge on any atom is 0.437 e. The lowest BCUT2D eigenvalue weighted by Gasteiger charge is -2.13. The van der Waals surface area contributed by atoms with E-state index in [1.807, 2.05) is 24.3 Å². The van der Waals surface area contributed by atoms with Gasteiger partial charge in [-0.3, -0.25) is 10.2 Å². The maximum atomic E-state index is 12.8. The fourth-order valence-electron chi connectivity index (χ4n) is 3.37. The van der Waals surface area contributed by atoms with Crippen LogP contribution in [0.15, 0.2) is 53.7 Å². The average molecular weight is 387 g/mol. The normalized spacial score (nSPS) is 15.5. The van der Waals surface area contributed by atoms with Crippen LogP contribution < -0.4 is 5.32 Å². The van der Waals surface area contributed by atoms with E-state index in [2.05, 4.69) is 15.5 Å². The number of nitrogens with one attached hydrogen (secondary N) is 2. The van der Waals surface area contributed by atoms with Gasteiger partial charge in [-0.25, -0.2) is 4.79 Å². The SMILES string of the molecule is O=C(Nc1cccc(C(F)(F)F)c1)ON=C1CCCc2c1[nH]c1ccccc21. The van der Waals surface area contributed by atoms with Crippen LogP contribution in [0.1, 0.15) is 29.7 Å². The third-order valence-electron chi connectivity index (χ3n) is 4.62. The number of nitrogens with zero attached hydrogens (tertiary/aromatic N) is 1. The molecule has 2 N–H and O–H groups in total. The third-order valence-corrected chi connectivity index (χ3v) is 4.62. The predicted molar refractivity (Wildman–Crippen MR) is 99.3 cm³/mol. The molecule has 0 aliphatic heterocycles. The Morgan fingerprint density at radius 3 is 2.75 bits per heavy atom. The summed E-state index contributed by atoms with van der Waals surface area (Å²) >= 11 is 0. The van der Waals surface area contributed by atoms with Crippen molar-refractivity contribution in [1.29, 1.82) is 0 Å². The summed E-state index contributed by atoms with van der Waals surface area (Å²) < 4.78 is 38.3. The Balaban J connectivity index is 1.50. The first-order chi connectivity index (χ1) is 13.4. The van der Waals surface area contributed by atoms with E-state index >= 15 is 0 Å². The highest BCUT2D eigenvalue weighted by Crippen LogP contribution is 2.31. The number of para-hydroxylation sites is 1. The number of hydrogen-bond acceptors (Lipinski definition) is 3. The molecule has 3 aromatic rings. The van der Waals surface area contributed by atoms with Gasteiger partial charge in [0.05, 0.1) is 11.3 Å². The Morgan fingerprint density at radius 1 is 1.11 bits per heavy atom. The molecule has 4 rings (SSSR count). The van der Waals surface area contributed by atoms with Crippen molar-refractivity contribution < 1.29 is 22.8 Å². The van der Waals surface area contributed by atoms with Crippen molar-refractivity contribution in [2.24, 2.45) is 5.16 Å². The van der Waals surface area contributed by atoms with E-state index in [1.54, 1.807) is 0 Å². The zero-order chi connectivity index (χ0) is 19.7. The molecule has 28 heavy (non-hydrogen) atoms. The van der Waals surface area contributed by atoms with Crippen molar-refractivity contribution in [1.82, 2.24) is 4.98 Å². The van der Waals surface area contributed by atoms with Crippen LogP contribution >= 0.6 is 0 Å². The molecule has 1 aromatic heterocycles. The number of halogens is 3. The van der Waals surface area contributed by atoms with Gasteiger partial charge in [-0.1, -0.05) is 29.4 Å². The lowest BCUT2D eigenvalue weighted by molar-refractivity contribution is -0.137. The minimum atomic E-state index is -4.49. The van der Waals surface area contributed by atoms with Gasteiger partial charge in [0.25, 0.3) is 0 Å². The molecule has 0 unspecified atom stereocenters. The largest absolute Gasteiger partial charge is 0.437 e. The summed E-state index contributed by atoms with van der Waals surface area (Å²) in [6, 6.07) is 12.2. The van der Waals surface area contributed by atoms with E-state index in [0.29, 0.717) is 12.1 Å². The van der Waals surface area contributed by atoms with Crippen LogP contribution in [0.5, 0.6) is 0 Å².